The maximum atomic E-state index is 12.5. The van der Waals surface area contributed by atoms with Crippen molar-refractivity contribution < 1.29 is 4.79 Å². The molecular formula is C17H19N5O2. The zero-order valence-electron chi connectivity index (χ0n) is 13.7. The summed E-state index contributed by atoms with van der Waals surface area (Å²) in [5, 5.41) is 4.61. The van der Waals surface area contributed by atoms with Gasteiger partial charge in [0, 0.05) is 6.42 Å². The number of nitrogens with zero attached hydrogens (tertiary/aromatic N) is 4. The van der Waals surface area contributed by atoms with Gasteiger partial charge in [0.1, 0.15) is 11.7 Å². The van der Waals surface area contributed by atoms with E-state index in [0.717, 1.165) is 28.8 Å². The Morgan fingerprint density at radius 2 is 2.00 bits per heavy atom. The zero-order chi connectivity index (χ0) is 17.1. The number of rotatable bonds is 5. The van der Waals surface area contributed by atoms with Crippen molar-refractivity contribution in [3.8, 4) is 5.69 Å². The van der Waals surface area contributed by atoms with Gasteiger partial charge in [0.2, 0.25) is 5.91 Å². The predicted molar refractivity (Wildman–Crippen MR) is 91.8 cm³/mol. The van der Waals surface area contributed by atoms with Gasteiger partial charge in [0.05, 0.1) is 11.9 Å². The molecule has 1 amide bonds. The van der Waals surface area contributed by atoms with Crippen LogP contribution in [0.3, 0.4) is 0 Å². The Labute approximate surface area is 138 Å². The fraction of sp³-hybridized carbons (Fsp3) is 0.294. The van der Waals surface area contributed by atoms with Gasteiger partial charge in [-0.3, -0.25) is 15.0 Å². The Kier molecular flexibility index (Phi) is 4.41. The number of hydrogen-bond donors (Lipinski definition) is 1. The lowest BCUT2D eigenvalue weighted by molar-refractivity contribution is -0.117. The minimum absolute atomic E-state index is 0.203. The number of fused-ring (bicyclic) bond motifs is 1. The summed E-state index contributed by atoms with van der Waals surface area (Å²) in [5.41, 5.74) is 4.64. The number of aromatic nitrogens is 4. The summed E-state index contributed by atoms with van der Waals surface area (Å²) in [6.07, 6.45) is 4.87. The first-order valence-electron chi connectivity index (χ1n) is 7.92. The van der Waals surface area contributed by atoms with E-state index in [2.05, 4.69) is 15.5 Å². The number of unbranched alkanes of at least 4 members (excludes halogenated alkanes) is 1. The second kappa shape index (κ2) is 6.66. The van der Waals surface area contributed by atoms with E-state index in [1.54, 1.807) is 4.68 Å². The number of amides is 1. The second-order valence-corrected chi connectivity index (χ2v) is 5.69. The summed E-state index contributed by atoms with van der Waals surface area (Å²) in [7, 11) is 0. The number of carbonyl (C=O) groups is 1. The van der Waals surface area contributed by atoms with Crippen molar-refractivity contribution in [1.29, 1.82) is 0 Å². The minimum Gasteiger partial charge on any atom is -0.273 e. The Hall–Kier alpha value is -2.96. The van der Waals surface area contributed by atoms with Crippen molar-refractivity contribution in [1.82, 2.24) is 19.4 Å². The highest BCUT2D eigenvalue weighted by Gasteiger charge is 2.12. The molecule has 0 saturated heterocycles. The molecule has 0 spiro atoms. The van der Waals surface area contributed by atoms with E-state index in [1.807, 2.05) is 38.1 Å². The molecule has 0 aliphatic carbocycles. The number of carbonyl (C=O) groups excluding carboxylic acids is 1. The monoisotopic (exact) mass is 325 g/mol. The Balaban J connectivity index is 1.95. The molecule has 0 radical (unpaired) electrons. The average Bonchev–Trinajstić information content (AvgIpc) is 3.01. The smallest absolute Gasteiger partial charge is 0.273 e. The van der Waals surface area contributed by atoms with E-state index in [-0.39, 0.29) is 11.5 Å². The first-order valence-corrected chi connectivity index (χ1v) is 7.92. The Morgan fingerprint density at radius 1 is 1.25 bits per heavy atom. The van der Waals surface area contributed by atoms with E-state index < -0.39 is 0 Å². The molecular weight excluding hydrogens is 306 g/mol. The van der Waals surface area contributed by atoms with Crippen LogP contribution in [-0.4, -0.2) is 25.3 Å². The number of hydrogen-bond acceptors (Lipinski definition) is 4. The SMILES string of the molecule is CCCCC(=O)Nn1cnc2c(cnn2-c2ccc(C)cc2)c1=O. The molecule has 124 valence electrons. The molecule has 3 aromatic rings. The molecule has 7 nitrogen and oxygen atoms in total. The Bertz CT molecular complexity index is 924. The van der Waals surface area contributed by atoms with Crippen LogP contribution >= 0.6 is 0 Å². The van der Waals surface area contributed by atoms with E-state index >= 15 is 0 Å². The largest absolute Gasteiger partial charge is 0.283 e. The van der Waals surface area contributed by atoms with Crippen LogP contribution in [0.5, 0.6) is 0 Å². The van der Waals surface area contributed by atoms with Gasteiger partial charge in [-0.25, -0.2) is 14.3 Å². The molecule has 0 fully saturated rings. The summed E-state index contributed by atoms with van der Waals surface area (Å²) < 4.78 is 2.72. The van der Waals surface area contributed by atoms with Crippen molar-refractivity contribution in [2.45, 2.75) is 33.1 Å². The van der Waals surface area contributed by atoms with Crippen molar-refractivity contribution in [3.05, 3.63) is 52.7 Å². The average molecular weight is 325 g/mol. The first-order chi connectivity index (χ1) is 11.6. The van der Waals surface area contributed by atoms with E-state index in [0.29, 0.717) is 17.5 Å². The first kappa shape index (κ1) is 15.9. The normalized spacial score (nSPS) is 10.9. The van der Waals surface area contributed by atoms with Gasteiger partial charge in [-0.2, -0.15) is 5.10 Å². The van der Waals surface area contributed by atoms with Crippen LogP contribution in [0.2, 0.25) is 0 Å². The van der Waals surface area contributed by atoms with Crippen LogP contribution in [-0.2, 0) is 4.79 Å². The van der Waals surface area contributed by atoms with E-state index in [4.69, 9.17) is 0 Å². The molecule has 0 atom stereocenters. The highest BCUT2D eigenvalue weighted by atomic mass is 16.2. The Morgan fingerprint density at radius 3 is 2.71 bits per heavy atom. The molecule has 1 N–H and O–H groups in total. The van der Waals surface area contributed by atoms with Crippen molar-refractivity contribution in [3.63, 3.8) is 0 Å². The zero-order valence-corrected chi connectivity index (χ0v) is 13.7. The predicted octanol–water partition coefficient (Wildman–Crippen LogP) is 2.15. The molecule has 0 bridgehead atoms. The van der Waals surface area contributed by atoms with Gasteiger partial charge in [-0.05, 0) is 25.5 Å². The van der Waals surface area contributed by atoms with Gasteiger partial charge in [0.25, 0.3) is 5.56 Å². The lowest BCUT2D eigenvalue weighted by Crippen LogP contribution is -2.33. The molecule has 0 saturated carbocycles. The quantitative estimate of drug-likeness (QED) is 0.779. The third-order valence-corrected chi connectivity index (χ3v) is 3.77. The second-order valence-electron chi connectivity index (χ2n) is 5.69. The molecule has 2 aromatic heterocycles. The topological polar surface area (TPSA) is 81.8 Å². The van der Waals surface area contributed by atoms with Gasteiger partial charge in [-0.1, -0.05) is 31.0 Å². The maximum Gasteiger partial charge on any atom is 0.283 e. The fourth-order valence-corrected chi connectivity index (χ4v) is 2.39. The van der Waals surface area contributed by atoms with E-state index in [9.17, 15) is 9.59 Å². The molecule has 24 heavy (non-hydrogen) atoms. The maximum absolute atomic E-state index is 12.5. The highest BCUT2D eigenvalue weighted by molar-refractivity contribution is 5.84. The van der Waals surface area contributed by atoms with E-state index in [1.165, 1.54) is 12.5 Å². The van der Waals surface area contributed by atoms with Crippen LogP contribution in [0.15, 0.2) is 41.6 Å². The van der Waals surface area contributed by atoms with Crippen LogP contribution in [0, 0.1) is 6.92 Å². The number of aryl methyl sites for hydroxylation is 1. The fourth-order valence-electron chi connectivity index (χ4n) is 2.39. The third kappa shape index (κ3) is 3.05. The van der Waals surface area contributed by atoms with Crippen molar-refractivity contribution >= 4 is 16.9 Å². The summed E-state index contributed by atoms with van der Waals surface area (Å²) >= 11 is 0. The number of nitrogens with one attached hydrogen (secondary N) is 1. The number of benzene rings is 1. The molecule has 0 aliphatic rings. The summed E-state index contributed by atoms with van der Waals surface area (Å²) in [4.78, 5) is 28.6. The molecule has 2 heterocycles. The molecule has 0 aliphatic heterocycles. The van der Waals surface area contributed by atoms with Crippen LogP contribution in [0.25, 0.3) is 16.7 Å². The lowest BCUT2D eigenvalue weighted by Gasteiger charge is -2.08. The van der Waals surface area contributed by atoms with Crippen LogP contribution in [0.4, 0.5) is 0 Å². The molecule has 0 unspecified atom stereocenters. The van der Waals surface area contributed by atoms with Crippen LogP contribution in [0.1, 0.15) is 31.7 Å². The van der Waals surface area contributed by atoms with Gasteiger partial charge >= 0.3 is 0 Å². The van der Waals surface area contributed by atoms with Gasteiger partial charge in [0.15, 0.2) is 5.65 Å². The van der Waals surface area contributed by atoms with Gasteiger partial charge < -0.3 is 0 Å². The minimum atomic E-state index is -0.344. The third-order valence-electron chi connectivity index (χ3n) is 3.77. The van der Waals surface area contributed by atoms with Crippen LogP contribution < -0.4 is 11.0 Å². The summed E-state index contributed by atoms with van der Waals surface area (Å²) in [6.45, 7) is 4.01. The molecule has 1 aromatic carbocycles. The van der Waals surface area contributed by atoms with Crippen molar-refractivity contribution in [2.24, 2.45) is 0 Å². The summed E-state index contributed by atoms with van der Waals surface area (Å²) in [6, 6.07) is 7.78. The molecule has 7 heteroatoms. The highest BCUT2D eigenvalue weighted by Crippen LogP contribution is 2.14. The van der Waals surface area contributed by atoms with Crippen molar-refractivity contribution in [2.75, 3.05) is 5.43 Å². The summed E-state index contributed by atoms with van der Waals surface area (Å²) in [5.74, 6) is -0.203. The lowest BCUT2D eigenvalue weighted by atomic mass is 10.2. The van der Waals surface area contributed by atoms with Gasteiger partial charge in [-0.15, -0.1) is 0 Å². The molecule has 3 rings (SSSR count). The standard InChI is InChI=1S/C17H19N5O2/c1-3-4-5-15(23)20-21-11-18-16-14(17(21)24)10-19-22(16)13-8-6-12(2)7-9-13/h6-11H,3-5H2,1-2H3,(H,20,23).